The molecule has 0 aliphatic heterocycles. The first-order valence-corrected chi connectivity index (χ1v) is 6.70. The monoisotopic (exact) mass is 228 g/mol. The predicted molar refractivity (Wildman–Crippen MR) is 63.3 cm³/mol. The number of hydrogen-bond acceptors (Lipinski definition) is 3. The molecular formula is C11H17FN2S. The van der Waals surface area contributed by atoms with Gasteiger partial charge in [-0.1, -0.05) is 0 Å². The molecule has 0 aromatic carbocycles. The molecule has 0 saturated heterocycles. The van der Waals surface area contributed by atoms with Crippen molar-refractivity contribution in [3.63, 3.8) is 0 Å². The first-order chi connectivity index (χ1) is 7.20. The summed E-state index contributed by atoms with van der Waals surface area (Å²) in [5.41, 5.74) is 7.67. The van der Waals surface area contributed by atoms with E-state index in [1.807, 2.05) is 6.26 Å². The van der Waals surface area contributed by atoms with Crippen molar-refractivity contribution in [3.8, 4) is 0 Å². The van der Waals surface area contributed by atoms with Crippen LogP contribution < -0.4 is 11.1 Å². The molecule has 1 saturated carbocycles. The summed E-state index contributed by atoms with van der Waals surface area (Å²) in [6, 6.07) is 0.440. The van der Waals surface area contributed by atoms with Gasteiger partial charge in [0.05, 0.1) is 0 Å². The number of nitrogens with two attached hydrogens (primary N) is 1. The minimum atomic E-state index is -0.144. The average molecular weight is 228 g/mol. The predicted octanol–water partition coefficient (Wildman–Crippen LogP) is 1.94. The van der Waals surface area contributed by atoms with Gasteiger partial charge in [0.2, 0.25) is 0 Å². The lowest BCUT2D eigenvalue weighted by atomic mass is 10.1. The molecule has 1 atom stereocenters. The van der Waals surface area contributed by atoms with Crippen LogP contribution in [0.15, 0.2) is 23.2 Å². The van der Waals surface area contributed by atoms with Gasteiger partial charge in [-0.25, -0.2) is 4.39 Å². The second-order valence-electron chi connectivity index (χ2n) is 4.20. The Hall–Kier alpha value is -0.480. The smallest absolute Gasteiger partial charge is 0.126 e. The van der Waals surface area contributed by atoms with Crippen molar-refractivity contribution in [2.45, 2.75) is 31.3 Å². The first kappa shape index (κ1) is 11.0. The van der Waals surface area contributed by atoms with E-state index in [2.05, 4.69) is 5.32 Å². The molecule has 0 amide bonds. The summed E-state index contributed by atoms with van der Waals surface area (Å²) >= 11 is 1.66. The normalized spacial score (nSPS) is 23.0. The molecule has 2 aliphatic rings. The van der Waals surface area contributed by atoms with Gasteiger partial charge in [0.1, 0.15) is 5.83 Å². The minimum absolute atomic E-state index is 0.125. The Bertz CT molecular complexity index is 308. The quantitative estimate of drug-likeness (QED) is 0.755. The molecule has 2 rings (SSSR count). The second kappa shape index (κ2) is 4.58. The second-order valence-corrected chi connectivity index (χ2v) is 5.11. The number of thioether (sulfide) groups is 1. The standard InChI is InChI=1S/C11H17FN2S/c1-15-6-11(13)9-4-8(5-10(9)12)14-7-2-3-7/h5,7,11,14H,2-4,6,13H2,1H3. The molecule has 1 unspecified atom stereocenters. The van der Waals surface area contributed by atoms with Gasteiger partial charge in [-0.15, -0.1) is 0 Å². The molecule has 0 spiro atoms. The molecular weight excluding hydrogens is 211 g/mol. The van der Waals surface area contributed by atoms with Gasteiger partial charge < -0.3 is 11.1 Å². The van der Waals surface area contributed by atoms with Gasteiger partial charge in [-0.05, 0) is 30.7 Å². The Balaban J connectivity index is 1.90. The van der Waals surface area contributed by atoms with Crippen molar-refractivity contribution in [2.24, 2.45) is 5.73 Å². The van der Waals surface area contributed by atoms with Crippen LogP contribution in [0, 0.1) is 0 Å². The van der Waals surface area contributed by atoms with Gasteiger partial charge in [0, 0.05) is 30.0 Å². The van der Waals surface area contributed by atoms with Crippen LogP contribution in [0.4, 0.5) is 4.39 Å². The zero-order valence-corrected chi connectivity index (χ0v) is 9.74. The first-order valence-electron chi connectivity index (χ1n) is 5.31. The highest BCUT2D eigenvalue weighted by atomic mass is 32.2. The highest BCUT2D eigenvalue weighted by Crippen LogP contribution is 2.30. The molecule has 0 heterocycles. The van der Waals surface area contributed by atoms with E-state index in [0.29, 0.717) is 12.5 Å². The van der Waals surface area contributed by atoms with Crippen LogP contribution in [0.1, 0.15) is 19.3 Å². The highest BCUT2D eigenvalue weighted by Gasteiger charge is 2.26. The summed E-state index contributed by atoms with van der Waals surface area (Å²) in [7, 11) is 0. The number of allylic oxidation sites excluding steroid dienone is 3. The van der Waals surface area contributed by atoms with Gasteiger partial charge in [0.25, 0.3) is 0 Å². The number of hydrogen-bond donors (Lipinski definition) is 2. The fourth-order valence-corrected chi connectivity index (χ4v) is 2.32. The van der Waals surface area contributed by atoms with Gasteiger partial charge in [-0.3, -0.25) is 0 Å². The van der Waals surface area contributed by atoms with E-state index in [9.17, 15) is 4.39 Å². The zero-order chi connectivity index (χ0) is 10.8. The van der Waals surface area contributed by atoms with E-state index >= 15 is 0 Å². The molecule has 3 N–H and O–H groups in total. The Kier molecular flexibility index (Phi) is 3.36. The van der Waals surface area contributed by atoms with Gasteiger partial charge in [0.15, 0.2) is 0 Å². The zero-order valence-electron chi connectivity index (χ0n) is 8.92. The average Bonchev–Trinajstić information content (AvgIpc) is 2.90. The van der Waals surface area contributed by atoms with E-state index < -0.39 is 0 Å². The summed E-state index contributed by atoms with van der Waals surface area (Å²) < 4.78 is 13.6. The number of halogens is 1. The minimum Gasteiger partial charge on any atom is -0.385 e. The third-order valence-electron chi connectivity index (χ3n) is 2.75. The molecule has 2 nitrogen and oxygen atoms in total. The third-order valence-corrected chi connectivity index (χ3v) is 3.44. The summed E-state index contributed by atoms with van der Waals surface area (Å²) in [6.45, 7) is 0. The maximum atomic E-state index is 13.6. The van der Waals surface area contributed by atoms with Crippen molar-refractivity contribution in [3.05, 3.63) is 23.2 Å². The number of rotatable bonds is 5. The van der Waals surface area contributed by atoms with E-state index in [-0.39, 0.29) is 11.9 Å². The van der Waals surface area contributed by atoms with Crippen molar-refractivity contribution in [1.29, 1.82) is 0 Å². The van der Waals surface area contributed by atoms with E-state index in [0.717, 1.165) is 17.0 Å². The topological polar surface area (TPSA) is 38.0 Å². The molecule has 0 aromatic rings. The Morgan fingerprint density at radius 3 is 3.00 bits per heavy atom. The fraction of sp³-hybridized carbons (Fsp3) is 0.636. The van der Waals surface area contributed by atoms with Crippen molar-refractivity contribution in [1.82, 2.24) is 5.32 Å². The van der Waals surface area contributed by atoms with Crippen LogP contribution >= 0.6 is 11.8 Å². The van der Waals surface area contributed by atoms with E-state index in [4.69, 9.17) is 5.73 Å². The molecule has 15 heavy (non-hydrogen) atoms. The van der Waals surface area contributed by atoms with E-state index in [1.54, 1.807) is 17.8 Å². The molecule has 0 radical (unpaired) electrons. The molecule has 0 bridgehead atoms. The lowest BCUT2D eigenvalue weighted by Crippen LogP contribution is -2.26. The Labute approximate surface area is 94.2 Å². The van der Waals surface area contributed by atoms with Crippen LogP contribution in [0.25, 0.3) is 0 Å². The lowest BCUT2D eigenvalue weighted by molar-refractivity contribution is 0.641. The maximum Gasteiger partial charge on any atom is 0.126 e. The van der Waals surface area contributed by atoms with Crippen molar-refractivity contribution >= 4 is 11.8 Å². The van der Waals surface area contributed by atoms with Crippen LogP contribution in [0.3, 0.4) is 0 Å². The summed E-state index contributed by atoms with van der Waals surface area (Å²) in [4.78, 5) is 0. The van der Waals surface area contributed by atoms with Gasteiger partial charge >= 0.3 is 0 Å². The SMILES string of the molecule is CSCC(N)C1=C(F)C=C(NC2CC2)C1. The molecule has 1 fully saturated rings. The number of nitrogens with one attached hydrogen (secondary N) is 1. The summed E-state index contributed by atoms with van der Waals surface area (Å²) in [5.74, 6) is 0.660. The molecule has 0 aromatic heterocycles. The summed E-state index contributed by atoms with van der Waals surface area (Å²) in [6.07, 6.45) is 6.69. The lowest BCUT2D eigenvalue weighted by Gasteiger charge is -2.13. The molecule has 2 aliphatic carbocycles. The molecule has 84 valence electrons. The highest BCUT2D eigenvalue weighted by molar-refractivity contribution is 7.98. The van der Waals surface area contributed by atoms with Crippen LogP contribution in [0.2, 0.25) is 0 Å². The Morgan fingerprint density at radius 1 is 1.67 bits per heavy atom. The van der Waals surface area contributed by atoms with Crippen molar-refractivity contribution < 1.29 is 4.39 Å². The third kappa shape index (κ3) is 2.75. The maximum absolute atomic E-state index is 13.6. The Morgan fingerprint density at radius 2 is 2.40 bits per heavy atom. The van der Waals surface area contributed by atoms with Crippen LogP contribution in [-0.2, 0) is 0 Å². The van der Waals surface area contributed by atoms with Gasteiger partial charge in [-0.2, -0.15) is 11.8 Å². The largest absolute Gasteiger partial charge is 0.385 e. The summed E-state index contributed by atoms with van der Waals surface area (Å²) in [5, 5.41) is 3.33. The van der Waals surface area contributed by atoms with Crippen LogP contribution in [-0.4, -0.2) is 24.1 Å². The fourth-order valence-electron chi connectivity index (χ4n) is 1.76. The van der Waals surface area contributed by atoms with Crippen LogP contribution in [0.5, 0.6) is 0 Å². The van der Waals surface area contributed by atoms with Crippen molar-refractivity contribution in [2.75, 3.05) is 12.0 Å². The molecule has 4 heteroatoms. The van der Waals surface area contributed by atoms with E-state index in [1.165, 1.54) is 12.8 Å².